The molecule has 1 heterocycles. The van der Waals surface area contributed by atoms with Crippen molar-refractivity contribution in [2.45, 2.75) is 26.7 Å². The van der Waals surface area contributed by atoms with Crippen molar-refractivity contribution in [1.29, 1.82) is 0 Å². The molecule has 1 rings (SSSR count). The Labute approximate surface area is 66.7 Å². The first kappa shape index (κ1) is 8.05. The molecule has 0 aromatic carbocycles. The number of H-pyrrole nitrogens is 1. The number of rotatable bonds is 2. The normalized spacial score (nSPS) is 12.4. The van der Waals surface area contributed by atoms with E-state index >= 15 is 0 Å². The number of aryl methyl sites for hydroxylation is 1. The Hall–Kier alpha value is -1.05. The molecule has 0 aliphatic heterocycles. The summed E-state index contributed by atoms with van der Waals surface area (Å²) in [5, 5.41) is 1.93. The molecule has 0 fully saturated rings. The van der Waals surface area contributed by atoms with Crippen LogP contribution in [0.5, 0.6) is 0 Å². The number of nitrogens with one attached hydrogen (secondary N) is 1. The predicted octanol–water partition coefficient (Wildman–Crippen LogP) is 0.709. The first-order chi connectivity index (χ1) is 5.24. The summed E-state index contributed by atoms with van der Waals surface area (Å²) in [6.07, 6.45) is 4.35. The first-order valence-corrected chi connectivity index (χ1v) is 3.95. The maximum Gasteiger partial charge on any atom is 0.104 e. The van der Waals surface area contributed by atoms with Crippen molar-refractivity contribution >= 4 is 12.7 Å². The Morgan fingerprint density at radius 3 is 2.82 bits per heavy atom. The van der Waals surface area contributed by atoms with Crippen molar-refractivity contribution in [1.82, 2.24) is 9.97 Å². The van der Waals surface area contributed by atoms with Gasteiger partial charge in [0.1, 0.15) is 5.82 Å². The zero-order valence-corrected chi connectivity index (χ0v) is 7.15. The molecule has 0 saturated carbocycles. The average molecular weight is 150 g/mol. The minimum Gasteiger partial charge on any atom is -0.343 e. The highest BCUT2D eigenvalue weighted by Gasteiger charge is 1.88. The molecule has 0 spiro atoms. The van der Waals surface area contributed by atoms with E-state index in [1.54, 1.807) is 0 Å². The average Bonchev–Trinajstić information content (AvgIpc) is 2.26. The van der Waals surface area contributed by atoms with E-state index in [1.807, 2.05) is 6.92 Å². The maximum absolute atomic E-state index is 4.27. The molecule has 0 aliphatic carbocycles. The molecule has 0 saturated heterocycles. The van der Waals surface area contributed by atoms with Crippen LogP contribution in [0, 0.1) is 6.92 Å². The van der Waals surface area contributed by atoms with Crippen LogP contribution in [0.1, 0.15) is 25.6 Å². The third kappa shape index (κ3) is 1.93. The van der Waals surface area contributed by atoms with E-state index in [0.717, 1.165) is 29.4 Å². The highest BCUT2D eigenvalue weighted by Crippen LogP contribution is 1.84. The molecule has 0 radical (unpaired) electrons. The van der Waals surface area contributed by atoms with Crippen LogP contribution in [-0.4, -0.2) is 9.97 Å². The van der Waals surface area contributed by atoms with Gasteiger partial charge in [0, 0.05) is 0 Å². The highest BCUT2D eigenvalue weighted by atomic mass is 14.9. The minimum absolute atomic E-state index is 0.927. The quantitative estimate of drug-likeness (QED) is 0.661. The van der Waals surface area contributed by atoms with Gasteiger partial charge in [0.25, 0.3) is 0 Å². The fourth-order valence-electron chi connectivity index (χ4n) is 1.01. The number of hydrogen-bond acceptors (Lipinski definition) is 1. The zero-order valence-electron chi connectivity index (χ0n) is 7.15. The van der Waals surface area contributed by atoms with Gasteiger partial charge in [-0.05, 0) is 13.3 Å². The van der Waals surface area contributed by atoms with Gasteiger partial charge in [0.15, 0.2) is 0 Å². The number of aromatic amines is 1. The lowest BCUT2D eigenvalue weighted by Gasteiger charge is -1.79. The van der Waals surface area contributed by atoms with Crippen molar-refractivity contribution < 1.29 is 0 Å². The number of imidazole rings is 1. The molecular weight excluding hydrogens is 136 g/mol. The van der Waals surface area contributed by atoms with Crippen LogP contribution in [0.25, 0.3) is 12.7 Å². The van der Waals surface area contributed by atoms with Gasteiger partial charge in [0.2, 0.25) is 0 Å². The maximum atomic E-state index is 4.27. The fraction of sp³-hybridized carbons (Fsp3) is 0.444. The van der Waals surface area contributed by atoms with Crippen LogP contribution in [-0.2, 0) is 0 Å². The van der Waals surface area contributed by atoms with E-state index in [2.05, 4.69) is 29.5 Å². The molecule has 11 heavy (non-hydrogen) atoms. The summed E-state index contributed by atoms with van der Waals surface area (Å²) in [6, 6.07) is 0. The van der Waals surface area contributed by atoms with Crippen molar-refractivity contribution in [3.05, 3.63) is 16.5 Å². The molecule has 0 amide bonds. The number of aromatic nitrogens is 2. The van der Waals surface area contributed by atoms with Crippen LogP contribution in [0.4, 0.5) is 0 Å². The molecule has 1 aromatic heterocycles. The molecule has 60 valence electrons. The molecule has 0 bridgehead atoms. The Morgan fingerprint density at radius 2 is 2.36 bits per heavy atom. The van der Waals surface area contributed by atoms with Crippen LogP contribution in [0.2, 0.25) is 0 Å². The van der Waals surface area contributed by atoms with Gasteiger partial charge in [-0.25, -0.2) is 4.98 Å². The summed E-state index contributed by atoms with van der Waals surface area (Å²) in [4.78, 5) is 7.34. The molecular formula is C9H14N2. The minimum atomic E-state index is 0.927. The molecule has 1 N–H and O–H groups in total. The van der Waals surface area contributed by atoms with Gasteiger partial charge in [-0.2, -0.15) is 0 Å². The molecule has 0 aliphatic rings. The van der Waals surface area contributed by atoms with E-state index in [4.69, 9.17) is 0 Å². The third-order valence-electron chi connectivity index (χ3n) is 1.56. The fourth-order valence-corrected chi connectivity index (χ4v) is 1.01. The van der Waals surface area contributed by atoms with Gasteiger partial charge in [-0.3, -0.25) is 0 Å². The Kier molecular flexibility index (Phi) is 2.47. The van der Waals surface area contributed by atoms with E-state index in [-0.39, 0.29) is 0 Å². The lowest BCUT2D eigenvalue weighted by Crippen LogP contribution is -2.22. The molecule has 0 unspecified atom stereocenters. The topological polar surface area (TPSA) is 28.7 Å². The molecule has 0 atom stereocenters. The van der Waals surface area contributed by atoms with Crippen molar-refractivity contribution in [3.63, 3.8) is 0 Å². The van der Waals surface area contributed by atoms with Crippen LogP contribution >= 0.6 is 0 Å². The van der Waals surface area contributed by atoms with Gasteiger partial charge in [0.05, 0.1) is 10.7 Å². The second-order valence-corrected chi connectivity index (χ2v) is 2.68. The van der Waals surface area contributed by atoms with Crippen molar-refractivity contribution in [2.75, 3.05) is 0 Å². The molecule has 2 nitrogen and oxygen atoms in total. The van der Waals surface area contributed by atoms with E-state index in [0.29, 0.717) is 0 Å². The third-order valence-corrected chi connectivity index (χ3v) is 1.56. The lowest BCUT2D eigenvalue weighted by molar-refractivity contribution is 0.986. The first-order valence-electron chi connectivity index (χ1n) is 3.95. The van der Waals surface area contributed by atoms with Crippen molar-refractivity contribution in [2.24, 2.45) is 0 Å². The zero-order chi connectivity index (χ0) is 8.27. The monoisotopic (exact) mass is 150 g/mol. The Bertz CT molecular complexity index is 322. The predicted molar refractivity (Wildman–Crippen MR) is 47.5 cm³/mol. The second kappa shape index (κ2) is 3.37. The summed E-state index contributed by atoms with van der Waals surface area (Å²) in [5.74, 6) is 0.942. The lowest BCUT2D eigenvalue weighted by atomic mass is 10.3. The standard InChI is InChI=1S/C9H14N2/c1-4-5-6-9-7(2)10-8(3)11-9/h6H,2,4-5H2,1,3H3,(H,10,11)/b9-6+. The highest BCUT2D eigenvalue weighted by molar-refractivity contribution is 5.19. The largest absolute Gasteiger partial charge is 0.343 e. The summed E-state index contributed by atoms with van der Waals surface area (Å²) >= 11 is 0. The van der Waals surface area contributed by atoms with E-state index in [9.17, 15) is 0 Å². The van der Waals surface area contributed by atoms with Crippen molar-refractivity contribution in [3.8, 4) is 0 Å². The molecule has 1 aromatic rings. The summed E-state index contributed by atoms with van der Waals surface area (Å²) in [7, 11) is 0. The number of hydrogen-bond donors (Lipinski definition) is 1. The smallest absolute Gasteiger partial charge is 0.104 e. The summed E-state index contributed by atoms with van der Waals surface area (Å²) in [6.45, 7) is 7.94. The summed E-state index contributed by atoms with van der Waals surface area (Å²) < 4.78 is 0. The number of unbranched alkanes of at least 4 members (excludes halogenated alkanes) is 1. The van der Waals surface area contributed by atoms with Crippen LogP contribution in [0.3, 0.4) is 0 Å². The Morgan fingerprint density at radius 1 is 1.64 bits per heavy atom. The Balaban J connectivity index is 3.03. The van der Waals surface area contributed by atoms with Crippen LogP contribution in [0.15, 0.2) is 0 Å². The van der Waals surface area contributed by atoms with Gasteiger partial charge in [-0.15, -0.1) is 0 Å². The van der Waals surface area contributed by atoms with Gasteiger partial charge < -0.3 is 4.98 Å². The van der Waals surface area contributed by atoms with Gasteiger partial charge >= 0.3 is 0 Å². The summed E-state index contributed by atoms with van der Waals surface area (Å²) in [5.41, 5.74) is 0. The van der Waals surface area contributed by atoms with E-state index < -0.39 is 0 Å². The SMILES string of the molecule is C=c1[nH]c(C)n/c1=C/CCC. The number of nitrogens with zero attached hydrogens (tertiary/aromatic N) is 1. The van der Waals surface area contributed by atoms with Crippen LogP contribution < -0.4 is 10.7 Å². The van der Waals surface area contributed by atoms with E-state index in [1.165, 1.54) is 0 Å². The molecule has 2 heteroatoms. The second-order valence-electron chi connectivity index (χ2n) is 2.68. The van der Waals surface area contributed by atoms with Gasteiger partial charge in [-0.1, -0.05) is 26.0 Å².